The third kappa shape index (κ3) is 4.84. The molecule has 164 valence electrons. The van der Waals surface area contributed by atoms with Gasteiger partial charge in [0.2, 0.25) is 11.7 Å². The summed E-state index contributed by atoms with van der Waals surface area (Å²) >= 11 is 0. The van der Waals surface area contributed by atoms with Crippen LogP contribution in [0.5, 0.6) is 5.75 Å². The van der Waals surface area contributed by atoms with Gasteiger partial charge in [-0.15, -0.1) is 0 Å². The Kier molecular flexibility index (Phi) is 6.28. The van der Waals surface area contributed by atoms with Crippen molar-refractivity contribution in [3.63, 3.8) is 0 Å². The Balaban J connectivity index is 1.30. The molecule has 0 spiro atoms. The number of nitriles is 1. The lowest BCUT2D eigenvalue weighted by Crippen LogP contribution is -2.49. The summed E-state index contributed by atoms with van der Waals surface area (Å²) in [5.74, 6) is 1.24. The number of nitrogens with zero attached hydrogens (tertiary/aromatic N) is 5. The van der Waals surface area contributed by atoms with Crippen LogP contribution < -0.4 is 10.1 Å². The van der Waals surface area contributed by atoms with E-state index in [9.17, 15) is 9.18 Å². The summed E-state index contributed by atoms with van der Waals surface area (Å²) in [4.78, 5) is 20.8. The molecule has 0 bridgehead atoms. The number of nitrogens with one attached hydrogen (secondary N) is 1. The Morgan fingerprint density at radius 2 is 1.97 bits per heavy atom. The molecule has 1 fully saturated rings. The number of hydrogen-bond donors (Lipinski definition) is 1. The van der Waals surface area contributed by atoms with Crippen LogP contribution in [0.3, 0.4) is 0 Å². The highest BCUT2D eigenvalue weighted by atomic mass is 19.1. The molecule has 1 aromatic heterocycles. The van der Waals surface area contributed by atoms with E-state index in [0.717, 1.165) is 17.4 Å². The van der Waals surface area contributed by atoms with Crippen LogP contribution in [-0.4, -0.2) is 59.3 Å². The lowest BCUT2D eigenvalue weighted by molar-refractivity contribution is 0.133. The van der Waals surface area contributed by atoms with Crippen molar-refractivity contribution in [2.24, 2.45) is 0 Å². The van der Waals surface area contributed by atoms with Gasteiger partial charge in [-0.2, -0.15) is 10.2 Å². The number of anilines is 1. The van der Waals surface area contributed by atoms with Crippen molar-refractivity contribution in [1.82, 2.24) is 19.9 Å². The highest BCUT2D eigenvalue weighted by Crippen LogP contribution is 2.21. The molecule has 1 saturated heterocycles. The van der Waals surface area contributed by atoms with Crippen molar-refractivity contribution in [2.45, 2.75) is 6.54 Å². The third-order valence-corrected chi connectivity index (χ3v) is 5.18. The van der Waals surface area contributed by atoms with Crippen molar-refractivity contribution in [1.29, 1.82) is 5.26 Å². The van der Waals surface area contributed by atoms with Gasteiger partial charge in [0.15, 0.2) is 0 Å². The zero-order valence-electron chi connectivity index (χ0n) is 17.4. The summed E-state index contributed by atoms with van der Waals surface area (Å²) in [6.45, 7) is 2.72. The minimum absolute atomic E-state index is 0.0843. The molecule has 0 aliphatic carbocycles. The lowest BCUT2D eigenvalue weighted by Gasteiger charge is -2.33. The average molecular weight is 436 g/mol. The van der Waals surface area contributed by atoms with Crippen molar-refractivity contribution in [3.05, 3.63) is 59.7 Å². The number of amides is 2. The molecule has 32 heavy (non-hydrogen) atoms. The maximum atomic E-state index is 13.3. The van der Waals surface area contributed by atoms with Gasteiger partial charge < -0.3 is 19.5 Å². The number of methoxy groups -OCH3 is 1. The van der Waals surface area contributed by atoms with Crippen LogP contribution in [-0.2, 0) is 6.54 Å². The standard InChI is InChI=1S/C22H21FN6O3/c1-31-18-5-2-15(3-6-18)21-26-20(32-27-21)14-28-8-10-29(11-9-28)22(30)25-19-7-4-17(23)12-16(19)13-24/h2-7,12H,8-11,14H2,1H3,(H,25,30). The third-order valence-electron chi connectivity index (χ3n) is 5.18. The minimum Gasteiger partial charge on any atom is -0.497 e. The van der Waals surface area contributed by atoms with Gasteiger partial charge >= 0.3 is 6.03 Å². The predicted molar refractivity (Wildman–Crippen MR) is 113 cm³/mol. The molecular formula is C22H21FN6O3. The number of carbonyl (C=O) groups is 1. The predicted octanol–water partition coefficient (Wildman–Crippen LogP) is 3.11. The first-order valence-electron chi connectivity index (χ1n) is 10.0. The quantitative estimate of drug-likeness (QED) is 0.655. The Labute approximate surface area is 184 Å². The summed E-state index contributed by atoms with van der Waals surface area (Å²) < 4.78 is 23.8. The summed E-state index contributed by atoms with van der Waals surface area (Å²) in [5, 5.41) is 15.8. The molecule has 0 unspecified atom stereocenters. The van der Waals surface area contributed by atoms with Crippen LogP contribution in [0.25, 0.3) is 11.4 Å². The van der Waals surface area contributed by atoms with Crippen LogP contribution in [0.4, 0.5) is 14.9 Å². The van der Waals surface area contributed by atoms with Gasteiger partial charge in [0.1, 0.15) is 17.6 Å². The summed E-state index contributed by atoms with van der Waals surface area (Å²) in [6, 6.07) is 12.6. The number of carbonyl (C=O) groups excluding carboxylic acids is 1. The smallest absolute Gasteiger partial charge is 0.321 e. The molecule has 1 aliphatic rings. The zero-order valence-corrected chi connectivity index (χ0v) is 17.4. The van der Waals surface area contributed by atoms with Crippen molar-refractivity contribution in [3.8, 4) is 23.2 Å². The van der Waals surface area contributed by atoms with E-state index in [1.165, 1.54) is 12.1 Å². The fourth-order valence-corrected chi connectivity index (χ4v) is 3.39. The Morgan fingerprint density at radius 3 is 2.66 bits per heavy atom. The second-order valence-electron chi connectivity index (χ2n) is 7.24. The number of piperazine rings is 1. The van der Waals surface area contributed by atoms with E-state index in [2.05, 4.69) is 20.4 Å². The van der Waals surface area contributed by atoms with Crippen molar-refractivity contribution >= 4 is 11.7 Å². The molecule has 3 aromatic rings. The molecule has 2 amide bonds. The van der Waals surface area contributed by atoms with E-state index in [1.54, 1.807) is 12.0 Å². The largest absolute Gasteiger partial charge is 0.497 e. The molecule has 2 heterocycles. The molecule has 1 N–H and O–H groups in total. The number of halogens is 1. The maximum absolute atomic E-state index is 13.3. The highest BCUT2D eigenvalue weighted by molar-refractivity contribution is 5.90. The molecule has 0 radical (unpaired) electrons. The fourth-order valence-electron chi connectivity index (χ4n) is 3.39. The van der Waals surface area contributed by atoms with Gasteiger partial charge in [-0.05, 0) is 42.5 Å². The number of aromatic nitrogens is 2. The van der Waals surface area contributed by atoms with Gasteiger partial charge in [-0.1, -0.05) is 5.16 Å². The Hall–Kier alpha value is -3.97. The number of ether oxygens (including phenoxy) is 1. The van der Waals surface area contributed by atoms with E-state index in [1.807, 2.05) is 30.3 Å². The van der Waals surface area contributed by atoms with Crippen molar-refractivity contribution < 1.29 is 18.4 Å². The van der Waals surface area contributed by atoms with E-state index in [0.29, 0.717) is 50.1 Å². The van der Waals surface area contributed by atoms with Gasteiger partial charge in [0, 0.05) is 31.7 Å². The molecule has 2 aromatic carbocycles. The van der Waals surface area contributed by atoms with Crippen molar-refractivity contribution in [2.75, 3.05) is 38.6 Å². The first-order chi connectivity index (χ1) is 15.6. The van der Waals surface area contributed by atoms with Crippen LogP contribution >= 0.6 is 0 Å². The summed E-state index contributed by atoms with van der Waals surface area (Å²) in [6.07, 6.45) is 0. The number of rotatable bonds is 5. The lowest BCUT2D eigenvalue weighted by atomic mass is 10.2. The molecule has 0 atom stereocenters. The molecule has 10 heteroatoms. The van der Waals surface area contributed by atoms with E-state index in [4.69, 9.17) is 14.5 Å². The number of urea groups is 1. The Bertz CT molecular complexity index is 1130. The second-order valence-corrected chi connectivity index (χ2v) is 7.24. The normalized spacial score (nSPS) is 14.1. The van der Waals surface area contributed by atoms with E-state index in [-0.39, 0.29) is 11.6 Å². The summed E-state index contributed by atoms with van der Waals surface area (Å²) in [5.41, 5.74) is 1.21. The average Bonchev–Trinajstić information content (AvgIpc) is 3.29. The van der Waals surface area contributed by atoms with Crippen LogP contribution in [0.15, 0.2) is 47.0 Å². The Morgan fingerprint density at radius 1 is 1.22 bits per heavy atom. The second kappa shape index (κ2) is 9.45. The molecular weight excluding hydrogens is 415 g/mol. The van der Waals surface area contributed by atoms with E-state index >= 15 is 0 Å². The van der Waals surface area contributed by atoms with Crippen LogP contribution in [0.1, 0.15) is 11.5 Å². The first kappa shape index (κ1) is 21.3. The van der Waals surface area contributed by atoms with Gasteiger partial charge in [0.25, 0.3) is 0 Å². The first-order valence-corrected chi connectivity index (χ1v) is 10.0. The SMILES string of the molecule is COc1ccc(-c2noc(CN3CCN(C(=O)Nc4ccc(F)cc4C#N)CC3)n2)cc1. The molecule has 0 saturated carbocycles. The van der Waals surface area contributed by atoms with Gasteiger partial charge in [0.05, 0.1) is 24.9 Å². The molecule has 9 nitrogen and oxygen atoms in total. The maximum Gasteiger partial charge on any atom is 0.321 e. The van der Waals surface area contributed by atoms with Gasteiger partial charge in [-0.25, -0.2) is 9.18 Å². The fraction of sp³-hybridized carbons (Fsp3) is 0.273. The molecule has 4 rings (SSSR count). The highest BCUT2D eigenvalue weighted by Gasteiger charge is 2.23. The number of benzene rings is 2. The van der Waals surface area contributed by atoms with Gasteiger partial charge in [-0.3, -0.25) is 4.90 Å². The van der Waals surface area contributed by atoms with Crippen LogP contribution in [0.2, 0.25) is 0 Å². The topological polar surface area (TPSA) is 108 Å². The molecule has 1 aliphatic heterocycles. The summed E-state index contributed by atoms with van der Waals surface area (Å²) in [7, 11) is 1.61. The zero-order chi connectivity index (χ0) is 22.5. The van der Waals surface area contributed by atoms with E-state index < -0.39 is 5.82 Å². The monoisotopic (exact) mass is 436 g/mol. The van der Waals surface area contributed by atoms with Crippen LogP contribution in [0, 0.1) is 17.1 Å². The number of hydrogen-bond acceptors (Lipinski definition) is 7. The minimum atomic E-state index is -0.524.